The number of carbonyl (C=O) groups excluding carboxylic acids is 1. The third kappa shape index (κ3) is 4.49. The summed E-state index contributed by atoms with van der Waals surface area (Å²) in [6, 6.07) is 10.6. The van der Waals surface area contributed by atoms with Crippen LogP contribution in [0.2, 0.25) is 0 Å². The number of anilines is 1. The zero-order chi connectivity index (χ0) is 22.8. The summed E-state index contributed by atoms with van der Waals surface area (Å²) in [4.78, 5) is 37.2. The van der Waals surface area contributed by atoms with Crippen molar-refractivity contribution in [1.29, 1.82) is 0 Å². The van der Waals surface area contributed by atoms with Crippen LogP contribution in [0.1, 0.15) is 61.0 Å². The van der Waals surface area contributed by atoms with Gasteiger partial charge in [0.15, 0.2) is 5.65 Å². The van der Waals surface area contributed by atoms with E-state index in [1.807, 2.05) is 19.1 Å². The number of nitrogens with one attached hydrogen (secondary N) is 1. The lowest BCUT2D eigenvalue weighted by Crippen LogP contribution is -2.30. The molecule has 0 unspecified atom stereocenters. The highest BCUT2D eigenvalue weighted by atomic mass is 16.1. The predicted molar refractivity (Wildman–Crippen MR) is 130 cm³/mol. The van der Waals surface area contributed by atoms with Crippen molar-refractivity contribution >= 4 is 22.9 Å². The first kappa shape index (κ1) is 21.6. The van der Waals surface area contributed by atoms with Crippen LogP contribution in [0.15, 0.2) is 41.2 Å². The fourth-order valence-corrected chi connectivity index (χ4v) is 5.05. The van der Waals surface area contributed by atoms with Crippen LogP contribution in [0.5, 0.6) is 0 Å². The number of aromatic nitrogens is 3. The monoisotopic (exact) mass is 445 g/mol. The second-order valence-electron chi connectivity index (χ2n) is 9.31. The van der Waals surface area contributed by atoms with Gasteiger partial charge in [0.05, 0.1) is 11.4 Å². The largest absolute Gasteiger partial charge is 0.352 e. The molecule has 2 aromatic heterocycles. The highest BCUT2D eigenvalue weighted by Gasteiger charge is 2.19. The minimum Gasteiger partial charge on any atom is -0.352 e. The lowest BCUT2D eigenvalue weighted by molar-refractivity contribution is 0.0943. The van der Waals surface area contributed by atoms with Crippen LogP contribution in [0, 0.1) is 12.8 Å². The van der Waals surface area contributed by atoms with Gasteiger partial charge in [-0.15, -0.1) is 0 Å². The molecule has 3 heterocycles. The maximum Gasteiger partial charge on any atom is 0.256 e. The van der Waals surface area contributed by atoms with Gasteiger partial charge in [-0.3, -0.25) is 14.2 Å². The summed E-state index contributed by atoms with van der Waals surface area (Å²) in [6.45, 7) is 4.57. The smallest absolute Gasteiger partial charge is 0.256 e. The lowest BCUT2D eigenvalue weighted by atomic mass is 9.89. The topological polar surface area (TPSA) is 80.1 Å². The molecule has 0 spiro atoms. The summed E-state index contributed by atoms with van der Waals surface area (Å²) in [7, 11) is 0. The molecule has 1 aliphatic heterocycles. The van der Waals surface area contributed by atoms with E-state index >= 15 is 0 Å². The van der Waals surface area contributed by atoms with Gasteiger partial charge in [0.2, 0.25) is 5.95 Å². The Kier molecular flexibility index (Phi) is 6.11. The van der Waals surface area contributed by atoms with Crippen molar-refractivity contribution in [2.24, 2.45) is 5.92 Å². The third-order valence-electron chi connectivity index (χ3n) is 6.98. The van der Waals surface area contributed by atoms with Crippen LogP contribution in [0.25, 0.3) is 16.7 Å². The number of fused-ring (bicyclic) bond motifs is 1. The number of hydrogen-bond donors (Lipinski definition) is 1. The van der Waals surface area contributed by atoms with E-state index in [1.165, 1.54) is 32.1 Å². The average molecular weight is 446 g/mol. The Morgan fingerprint density at radius 3 is 2.42 bits per heavy atom. The number of pyridine rings is 1. The van der Waals surface area contributed by atoms with Crippen molar-refractivity contribution in [3.8, 4) is 5.69 Å². The molecule has 1 saturated carbocycles. The highest BCUT2D eigenvalue weighted by molar-refractivity contribution is 5.94. The van der Waals surface area contributed by atoms with Crippen LogP contribution in [0.3, 0.4) is 0 Å². The molecule has 2 fully saturated rings. The maximum absolute atomic E-state index is 12.9. The van der Waals surface area contributed by atoms with Gasteiger partial charge in [0, 0.05) is 36.7 Å². The molecular weight excluding hydrogens is 414 g/mol. The fraction of sp³-hybridized carbons (Fsp3) is 0.462. The van der Waals surface area contributed by atoms with Crippen molar-refractivity contribution in [2.75, 3.05) is 24.5 Å². The van der Waals surface area contributed by atoms with Crippen LogP contribution in [-0.2, 0) is 0 Å². The van der Waals surface area contributed by atoms with E-state index < -0.39 is 0 Å². The van der Waals surface area contributed by atoms with E-state index in [9.17, 15) is 9.59 Å². The first-order chi connectivity index (χ1) is 16.1. The van der Waals surface area contributed by atoms with Crippen LogP contribution in [-0.4, -0.2) is 40.1 Å². The van der Waals surface area contributed by atoms with E-state index in [0.29, 0.717) is 28.8 Å². The molecule has 0 bridgehead atoms. The van der Waals surface area contributed by atoms with Crippen molar-refractivity contribution in [3.05, 3.63) is 58.0 Å². The first-order valence-electron chi connectivity index (χ1n) is 12.1. The molecule has 33 heavy (non-hydrogen) atoms. The fourth-order valence-electron chi connectivity index (χ4n) is 5.05. The summed E-state index contributed by atoms with van der Waals surface area (Å²) in [5, 5.41) is 3.94. The number of aryl methyl sites for hydroxylation is 1. The third-order valence-corrected chi connectivity index (χ3v) is 6.98. The minimum atomic E-state index is -0.150. The van der Waals surface area contributed by atoms with Gasteiger partial charge in [-0.1, -0.05) is 19.3 Å². The Morgan fingerprint density at radius 1 is 0.970 bits per heavy atom. The second-order valence-corrected chi connectivity index (χ2v) is 9.31. The van der Waals surface area contributed by atoms with Crippen LogP contribution < -0.4 is 15.8 Å². The molecular formula is C26H31N5O2. The number of nitrogens with zero attached hydrogens (tertiary/aromatic N) is 4. The lowest BCUT2D eigenvalue weighted by Gasteiger charge is -2.21. The summed E-state index contributed by atoms with van der Waals surface area (Å²) < 4.78 is 1.62. The average Bonchev–Trinajstić information content (AvgIpc) is 3.38. The summed E-state index contributed by atoms with van der Waals surface area (Å²) in [5.41, 5.74) is 2.61. The van der Waals surface area contributed by atoms with Gasteiger partial charge in [-0.25, -0.2) is 4.98 Å². The second kappa shape index (κ2) is 9.33. The molecule has 1 N–H and O–H groups in total. The van der Waals surface area contributed by atoms with E-state index in [2.05, 4.69) is 10.2 Å². The van der Waals surface area contributed by atoms with E-state index in [-0.39, 0.29) is 11.5 Å². The Hall–Kier alpha value is -3.22. The molecule has 3 aromatic rings. The number of amides is 1. The van der Waals surface area contributed by atoms with Gasteiger partial charge in [-0.05, 0) is 68.9 Å². The van der Waals surface area contributed by atoms with E-state index in [1.54, 1.807) is 28.8 Å². The molecule has 0 radical (unpaired) electrons. The van der Waals surface area contributed by atoms with Gasteiger partial charge in [-0.2, -0.15) is 4.98 Å². The molecule has 7 nitrogen and oxygen atoms in total. The standard InChI is InChI=1S/C26H31N5O2/c1-18-22-13-14-23(32)31(24(22)29-26(28-18)30-15-5-6-16-30)21-11-9-20(10-12-21)25(33)27-17-19-7-3-2-4-8-19/h9-14,19H,2-8,15-17H2,1H3,(H,27,33). The molecule has 0 atom stereocenters. The number of hydrogen-bond acceptors (Lipinski definition) is 5. The SMILES string of the molecule is Cc1nc(N2CCCC2)nc2c1ccc(=O)n2-c1ccc(C(=O)NCC2CCCCC2)cc1. The van der Waals surface area contributed by atoms with Crippen LogP contribution in [0.4, 0.5) is 5.95 Å². The minimum absolute atomic E-state index is 0.0631. The number of benzene rings is 1. The zero-order valence-corrected chi connectivity index (χ0v) is 19.2. The number of rotatable bonds is 5. The molecule has 7 heteroatoms. The van der Waals surface area contributed by atoms with Crippen molar-refractivity contribution in [2.45, 2.75) is 51.9 Å². The summed E-state index contributed by atoms with van der Waals surface area (Å²) >= 11 is 0. The van der Waals surface area contributed by atoms with Crippen LogP contribution >= 0.6 is 0 Å². The molecule has 172 valence electrons. The Morgan fingerprint density at radius 2 is 1.70 bits per heavy atom. The van der Waals surface area contributed by atoms with Gasteiger partial charge >= 0.3 is 0 Å². The van der Waals surface area contributed by atoms with Crippen molar-refractivity contribution < 1.29 is 4.79 Å². The van der Waals surface area contributed by atoms with E-state index in [4.69, 9.17) is 9.97 Å². The molecule has 1 saturated heterocycles. The Labute approximate surface area is 193 Å². The molecule has 1 aromatic carbocycles. The summed E-state index contributed by atoms with van der Waals surface area (Å²) in [6.07, 6.45) is 8.49. The highest BCUT2D eigenvalue weighted by Crippen LogP contribution is 2.24. The number of carbonyl (C=O) groups is 1. The van der Waals surface area contributed by atoms with E-state index in [0.717, 1.165) is 43.6 Å². The van der Waals surface area contributed by atoms with Gasteiger partial charge < -0.3 is 10.2 Å². The Bertz CT molecular complexity index is 1210. The molecule has 1 aliphatic carbocycles. The summed E-state index contributed by atoms with van der Waals surface area (Å²) in [5.74, 6) is 1.20. The van der Waals surface area contributed by atoms with Gasteiger partial charge in [0.1, 0.15) is 0 Å². The Balaban J connectivity index is 1.43. The maximum atomic E-state index is 12.9. The molecule has 5 rings (SSSR count). The predicted octanol–water partition coefficient (Wildman–Crippen LogP) is 4.00. The normalized spacial score (nSPS) is 16.9. The first-order valence-corrected chi connectivity index (χ1v) is 12.1. The van der Waals surface area contributed by atoms with Gasteiger partial charge in [0.25, 0.3) is 11.5 Å². The van der Waals surface area contributed by atoms with Crippen molar-refractivity contribution in [1.82, 2.24) is 19.9 Å². The zero-order valence-electron chi connectivity index (χ0n) is 19.2. The molecule has 1 amide bonds. The molecule has 2 aliphatic rings. The quantitative estimate of drug-likeness (QED) is 0.642. The van der Waals surface area contributed by atoms with Crippen molar-refractivity contribution in [3.63, 3.8) is 0 Å².